The van der Waals surface area contributed by atoms with Gasteiger partial charge < -0.3 is 4.74 Å². The van der Waals surface area contributed by atoms with E-state index in [-0.39, 0.29) is 5.78 Å². The van der Waals surface area contributed by atoms with Crippen LogP contribution in [-0.4, -0.2) is 11.9 Å². The fourth-order valence-corrected chi connectivity index (χ4v) is 2.24. The number of benzene rings is 2. The van der Waals surface area contributed by atoms with Gasteiger partial charge in [0.25, 0.3) is 0 Å². The van der Waals surface area contributed by atoms with Crippen molar-refractivity contribution < 1.29 is 9.53 Å². The van der Waals surface area contributed by atoms with Gasteiger partial charge in [-0.15, -0.1) is 0 Å². The third-order valence-corrected chi connectivity index (χ3v) is 3.87. The molecule has 0 aliphatic heterocycles. The summed E-state index contributed by atoms with van der Waals surface area (Å²) in [6.07, 6.45) is -0.499. The lowest BCUT2D eigenvalue weighted by Gasteiger charge is -2.13. The van der Waals surface area contributed by atoms with E-state index in [9.17, 15) is 4.79 Å². The molecule has 0 saturated carbocycles. The molecule has 0 aliphatic rings. The molecule has 1 unspecified atom stereocenters. The Morgan fingerprint density at radius 1 is 1.11 bits per heavy atom. The van der Waals surface area contributed by atoms with Crippen LogP contribution in [0.1, 0.15) is 17.3 Å². The highest BCUT2D eigenvalue weighted by atomic mass is 127. The van der Waals surface area contributed by atoms with Gasteiger partial charge in [-0.3, -0.25) is 4.79 Å². The van der Waals surface area contributed by atoms with E-state index in [1.165, 1.54) is 0 Å². The molecule has 4 heteroatoms. The number of rotatable bonds is 4. The van der Waals surface area contributed by atoms with Crippen LogP contribution in [0.15, 0.2) is 53.0 Å². The molecule has 2 aromatic rings. The van der Waals surface area contributed by atoms with Crippen molar-refractivity contribution in [3.8, 4) is 5.75 Å². The number of carbonyl (C=O) groups excluding carboxylic acids is 1. The van der Waals surface area contributed by atoms with Crippen molar-refractivity contribution in [2.75, 3.05) is 0 Å². The van der Waals surface area contributed by atoms with Gasteiger partial charge in [0.1, 0.15) is 5.75 Å². The topological polar surface area (TPSA) is 26.3 Å². The molecule has 19 heavy (non-hydrogen) atoms. The predicted molar refractivity (Wildman–Crippen MR) is 87.7 cm³/mol. The first-order valence-corrected chi connectivity index (χ1v) is 7.65. The minimum absolute atomic E-state index is 0.0222. The zero-order chi connectivity index (χ0) is 13.8. The molecule has 0 aromatic heterocycles. The van der Waals surface area contributed by atoms with Gasteiger partial charge in [-0.2, -0.15) is 0 Å². The summed E-state index contributed by atoms with van der Waals surface area (Å²) in [6.45, 7) is 1.77. The average molecular weight is 431 g/mol. The van der Waals surface area contributed by atoms with Crippen molar-refractivity contribution in [2.24, 2.45) is 0 Å². The van der Waals surface area contributed by atoms with Crippen molar-refractivity contribution in [2.45, 2.75) is 13.0 Å². The monoisotopic (exact) mass is 430 g/mol. The summed E-state index contributed by atoms with van der Waals surface area (Å²) in [7, 11) is 0. The SMILES string of the molecule is CC(Oc1ccc(I)cc1)C(=O)c1ccc(Br)cc1. The van der Waals surface area contributed by atoms with Gasteiger partial charge in [0.15, 0.2) is 6.10 Å². The van der Waals surface area contributed by atoms with E-state index >= 15 is 0 Å². The van der Waals surface area contributed by atoms with E-state index in [1.54, 1.807) is 19.1 Å². The second-order valence-electron chi connectivity index (χ2n) is 4.09. The Morgan fingerprint density at radius 3 is 2.26 bits per heavy atom. The number of halogens is 2. The first-order valence-electron chi connectivity index (χ1n) is 5.78. The summed E-state index contributed by atoms with van der Waals surface area (Å²) in [5, 5.41) is 0. The molecule has 98 valence electrons. The third kappa shape index (κ3) is 4.04. The molecule has 0 N–H and O–H groups in total. The van der Waals surface area contributed by atoms with Crippen molar-refractivity contribution in [3.63, 3.8) is 0 Å². The summed E-state index contributed by atoms with van der Waals surface area (Å²) in [5.41, 5.74) is 0.654. The van der Waals surface area contributed by atoms with Gasteiger partial charge in [-0.1, -0.05) is 28.1 Å². The lowest BCUT2D eigenvalue weighted by Crippen LogP contribution is -2.23. The second kappa shape index (κ2) is 6.52. The molecule has 0 spiro atoms. The largest absolute Gasteiger partial charge is 0.483 e. The van der Waals surface area contributed by atoms with Crippen molar-refractivity contribution in [3.05, 3.63) is 62.1 Å². The molecule has 0 fully saturated rings. The second-order valence-corrected chi connectivity index (χ2v) is 6.25. The Hall–Kier alpha value is -0.880. The Morgan fingerprint density at radius 2 is 1.68 bits per heavy atom. The van der Waals surface area contributed by atoms with E-state index in [1.807, 2.05) is 36.4 Å². The maximum atomic E-state index is 12.2. The van der Waals surface area contributed by atoms with Crippen LogP contribution in [0, 0.1) is 3.57 Å². The Balaban J connectivity index is 2.07. The van der Waals surface area contributed by atoms with Crippen LogP contribution >= 0.6 is 38.5 Å². The molecule has 0 saturated heterocycles. The summed E-state index contributed by atoms with van der Waals surface area (Å²) in [6, 6.07) is 14.9. The summed E-state index contributed by atoms with van der Waals surface area (Å²) < 4.78 is 7.74. The zero-order valence-corrected chi connectivity index (χ0v) is 14.0. The van der Waals surface area contributed by atoms with Gasteiger partial charge in [-0.05, 0) is 65.9 Å². The minimum atomic E-state index is -0.499. The Kier molecular flexibility index (Phi) is 4.99. The van der Waals surface area contributed by atoms with Gasteiger partial charge in [0.05, 0.1) is 0 Å². The molecule has 2 aromatic carbocycles. The molecular weight excluding hydrogens is 419 g/mol. The highest BCUT2D eigenvalue weighted by Gasteiger charge is 2.16. The number of hydrogen-bond acceptors (Lipinski definition) is 2. The molecule has 2 nitrogen and oxygen atoms in total. The minimum Gasteiger partial charge on any atom is -0.483 e. The van der Waals surface area contributed by atoms with Gasteiger partial charge in [-0.25, -0.2) is 0 Å². The van der Waals surface area contributed by atoms with E-state index in [2.05, 4.69) is 38.5 Å². The van der Waals surface area contributed by atoms with Gasteiger partial charge in [0.2, 0.25) is 5.78 Å². The lowest BCUT2D eigenvalue weighted by atomic mass is 10.1. The predicted octanol–water partition coefficient (Wildman–Crippen LogP) is 4.70. The standard InChI is InChI=1S/C15H12BrIO2/c1-10(19-14-8-6-13(17)7-9-14)15(18)11-2-4-12(16)5-3-11/h2-10H,1H3. The number of carbonyl (C=O) groups is 1. The molecule has 0 bridgehead atoms. The molecule has 0 amide bonds. The smallest absolute Gasteiger partial charge is 0.202 e. The molecule has 2 rings (SSSR count). The fraction of sp³-hybridized carbons (Fsp3) is 0.133. The third-order valence-electron chi connectivity index (χ3n) is 2.62. The summed E-state index contributed by atoms with van der Waals surface area (Å²) in [4.78, 5) is 12.2. The van der Waals surface area contributed by atoms with Gasteiger partial charge >= 0.3 is 0 Å². The highest BCUT2D eigenvalue weighted by Crippen LogP contribution is 2.17. The first-order chi connectivity index (χ1) is 9.06. The van der Waals surface area contributed by atoms with Crippen LogP contribution in [0.2, 0.25) is 0 Å². The van der Waals surface area contributed by atoms with Crippen LogP contribution in [0.5, 0.6) is 5.75 Å². The summed E-state index contributed by atoms with van der Waals surface area (Å²) >= 11 is 5.58. The van der Waals surface area contributed by atoms with Crippen molar-refractivity contribution >= 4 is 44.3 Å². The molecule has 0 heterocycles. The van der Waals surface area contributed by atoms with Crippen LogP contribution < -0.4 is 4.74 Å². The molecule has 0 aliphatic carbocycles. The van der Waals surface area contributed by atoms with Crippen LogP contribution in [0.4, 0.5) is 0 Å². The van der Waals surface area contributed by atoms with Crippen LogP contribution in [0.3, 0.4) is 0 Å². The maximum Gasteiger partial charge on any atom is 0.202 e. The fourth-order valence-electron chi connectivity index (χ4n) is 1.62. The zero-order valence-electron chi connectivity index (χ0n) is 10.3. The van der Waals surface area contributed by atoms with E-state index in [4.69, 9.17) is 4.74 Å². The van der Waals surface area contributed by atoms with Crippen LogP contribution in [0.25, 0.3) is 0 Å². The van der Waals surface area contributed by atoms with Gasteiger partial charge in [0, 0.05) is 13.6 Å². The van der Waals surface area contributed by atoms with E-state index < -0.39 is 6.10 Å². The Bertz CT molecular complexity index is 564. The normalized spacial score (nSPS) is 11.9. The molecule has 0 radical (unpaired) electrons. The lowest BCUT2D eigenvalue weighted by molar-refractivity contribution is 0.0818. The average Bonchev–Trinajstić information content (AvgIpc) is 2.41. The number of ketones is 1. The van der Waals surface area contributed by atoms with Crippen LogP contribution in [-0.2, 0) is 0 Å². The number of hydrogen-bond donors (Lipinski definition) is 0. The summed E-state index contributed by atoms with van der Waals surface area (Å²) in [5.74, 6) is 0.685. The van der Waals surface area contributed by atoms with E-state index in [0.29, 0.717) is 11.3 Å². The first kappa shape index (κ1) is 14.5. The molecular formula is C15H12BrIO2. The van der Waals surface area contributed by atoms with E-state index in [0.717, 1.165) is 8.04 Å². The maximum absolute atomic E-state index is 12.2. The van der Waals surface area contributed by atoms with Crippen molar-refractivity contribution in [1.82, 2.24) is 0 Å². The Labute approximate surface area is 134 Å². The number of Topliss-reactive ketones (excluding diaryl/α,β-unsaturated/α-hetero) is 1. The quantitative estimate of drug-likeness (QED) is 0.519. The highest BCUT2D eigenvalue weighted by molar-refractivity contribution is 14.1. The molecule has 1 atom stereocenters. The van der Waals surface area contributed by atoms with Crippen molar-refractivity contribution in [1.29, 1.82) is 0 Å². The number of ether oxygens (including phenoxy) is 1.